The van der Waals surface area contributed by atoms with Crippen LogP contribution in [0.3, 0.4) is 0 Å². The second-order valence-corrected chi connectivity index (χ2v) is 6.80. The van der Waals surface area contributed by atoms with Crippen LogP contribution in [0.1, 0.15) is 31.0 Å². The number of fused-ring (bicyclic) bond motifs is 3. The Morgan fingerprint density at radius 2 is 2.12 bits per heavy atom. The molecule has 1 aliphatic carbocycles. The minimum atomic E-state index is -4.53. The normalized spacial score (nSPS) is 18.2. The smallest absolute Gasteiger partial charge is 0.421 e. The number of aromatic nitrogens is 4. The summed E-state index contributed by atoms with van der Waals surface area (Å²) in [5, 5.41) is 10.3. The number of alkyl halides is 3. The van der Waals surface area contributed by atoms with Crippen LogP contribution < -0.4 is 15.4 Å². The highest BCUT2D eigenvalue weighted by Crippen LogP contribution is 2.47. The minimum absolute atomic E-state index is 0.0656. The Morgan fingerprint density at radius 1 is 1.35 bits per heavy atom. The average molecular weight is 368 g/mol. The van der Waals surface area contributed by atoms with Crippen LogP contribution in [0.25, 0.3) is 0 Å². The lowest BCUT2D eigenvalue weighted by Crippen LogP contribution is -2.25. The van der Waals surface area contributed by atoms with E-state index in [-0.39, 0.29) is 17.2 Å². The fraction of sp³-hybridized carbons (Fsp3) is 0.562. The third-order valence-corrected chi connectivity index (χ3v) is 4.81. The fourth-order valence-corrected chi connectivity index (χ4v) is 3.00. The zero-order chi connectivity index (χ0) is 18.5. The summed E-state index contributed by atoms with van der Waals surface area (Å²) in [6.07, 6.45) is -1.94. The van der Waals surface area contributed by atoms with Gasteiger partial charge in [0, 0.05) is 24.7 Å². The van der Waals surface area contributed by atoms with Gasteiger partial charge < -0.3 is 15.4 Å². The van der Waals surface area contributed by atoms with E-state index in [0.717, 1.165) is 19.0 Å². The molecule has 0 saturated heterocycles. The first-order chi connectivity index (χ1) is 12.3. The van der Waals surface area contributed by atoms with Crippen LogP contribution in [-0.4, -0.2) is 32.9 Å². The first-order valence-corrected chi connectivity index (χ1v) is 8.47. The zero-order valence-electron chi connectivity index (χ0n) is 14.4. The molecule has 4 rings (SSSR count). The predicted molar refractivity (Wildman–Crippen MR) is 88.6 cm³/mol. The van der Waals surface area contributed by atoms with E-state index in [1.807, 2.05) is 6.92 Å². The van der Waals surface area contributed by atoms with Gasteiger partial charge in [-0.2, -0.15) is 23.3 Å². The third kappa shape index (κ3) is 2.93. The summed E-state index contributed by atoms with van der Waals surface area (Å²) in [7, 11) is 0. The van der Waals surface area contributed by atoms with Gasteiger partial charge in [-0.1, -0.05) is 0 Å². The van der Waals surface area contributed by atoms with E-state index in [4.69, 9.17) is 4.74 Å². The maximum atomic E-state index is 13.3. The summed E-state index contributed by atoms with van der Waals surface area (Å²) >= 11 is 0. The molecule has 1 fully saturated rings. The van der Waals surface area contributed by atoms with Gasteiger partial charge in [0.05, 0.1) is 12.3 Å². The van der Waals surface area contributed by atoms with Gasteiger partial charge in [0.25, 0.3) is 0 Å². The topological polar surface area (TPSA) is 76.9 Å². The number of anilines is 3. The van der Waals surface area contributed by atoms with Gasteiger partial charge in [-0.05, 0) is 26.7 Å². The Morgan fingerprint density at radius 3 is 2.77 bits per heavy atom. The molecular formula is C16H19F3N6O. The van der Waals surface area contributed by atoms with E-state index in [1.54, 1.807) is 11.6 Å². The Kier molecular flexibility index (Phi) is 3.74. The molecule has 26 heavy (non-hydrogen) atoms. The molecular weight excluding hydrogens is 349 g/mol. The van der Waals surface area contributed by atoms with Gasteiger partial charge in [-0.25, -0.2) is 9.67 Å². The quantitative estimate of drug-likeness (QED) is 0.804. The van der Waals surface area contributed by atoms with Gasteiger partial charge in [-0.3, -0.25) is 0 Å². The standard InChI is InChI=1S/C16H19F3N6O/c1-3-25-13-11(9(2)24-25)22-14-20-6-10(16(17,18)19)12(23-14)21-7-15(4-5-15)8-26-13/h6H,3-5,7-8H2,1-2H3,(H2,20,21,22,23). The molecule has 0 radical (unpaired) electrons. The summed E-state index contributed by atoms with van der Waals surface area (Å²) in [6, 6.07) is 0. The summed E-state index contributed by atoms with van der Waals surface area (Å²) in [4.78, 5) is 7.90. The molecule has 0 unspecified atom stereocenters. The van der Waals surface area contributed by atoms with Crippen LogP contribution in [0, 0.1) is 12.3 Å². The predicted octanol–water partition coefficient (Wildman–Crippen LogP) is 3.35. The van der Waals surface area contributed by atoms with Gasteiger partial charge in [0.1, 0.15) is 17.1 Å². The van der Waals surface area contributed by atoms with Crippen molar-refractivity contribution in [1.29, 1.82) is 0 Å². The number of hydrogen-bond acceptors (Lipinski definition) is 6. The molecule has 2 bridgehead atoms. The van der Waals surface area contributed by atoms with E-state index in [0.29, 0.717) is 37.0 Å². The van der Waals surface area contributed by atoms with Crippen molar-refractivity contribution in [2.45, 2.75) is 39.4 Å². The molecule has 10 heteroatoms. The minimum Gasteiger partial charge on any atom is -0.476 e. The number of nitrogens with zero attached hydrogens (tertiary/aromatic N) is 4. The maximum Gasteiger partial charge on any atom is 0.421 e. The molecule has 0 atom stereocenters. The first kappa shape index (κ1) is 16.9. The highest BCUT2D eigenvalue weighted by Gasteiger charge is 2.45. The van der Waals surface area contributed by atoms with Crippen molar-refractivity contribution in [3.05, 3.63) is 17.5 Å². The molecule has 2 N–H and O–H groups in total. The largest absolute Gasteiger partial charge is 0.476 e. The van der Waals surface area contributed by atoms with Gasteiger partial charge in [0.15, 0.2) is 0 Å². The summed E-state index contributed by atoms with van der Waals surface area (Å²) < 4.78 is 47.6. The highest BCUT2D eigenvalue weighted by atomic mass is 19.4. The van der Waals surface area contributed by atoms with Gasteiger partial charge in [-0.15, -0.1) is 0 Å². The summed E-state index contributed by atoms with van der Waals surface area (Å²) in [6.45, 7) is 5.13. The lowest BCUT2D eigenvalue weighted by molar-refractivity contribution is -0.137. The Labute approximate surface area is 148 Å². The average Bonchev–Trinajstić information content (AvgIpc) is 3.30. The summed E-state index contributed by atoms with van der Waals surface area (Å²) in [5.74, 6) is 0.407. The molecule has 140 valence electrons. The lowest BCUT2D eigenvalue weighted by Gasteiger charge is -2.18. The molecule has 0 aromatic carbocycles. The van der Waals surface area contributed by atoms with Crippen molar-refractivity contribution in [1.82, 2.24) is 19.7 Å². The fourth-order valence-electron chi connectivity index (χ4n) is 3.00. The van der Waals surface area contributed by atoms with Gasteiger partial charge >= 0.3 is 6.18 Å². The molecule has 7 nitrogen and oxygen atoms in total. The van der Waals surface area contributed by atoms with Crippen molar-refractivity contribution >= 4 is 17.5 Å². The maximum absolute atomic E-state index is 13.3. The molecule has 2 aliphatic rings. The van der Waals surface area contributed by atoms with Crippen LogP contribution >= 0.6 is 0 Å². The highest BCUT2D eigenvalue weighted by molar-refractivity contribution is 5.64. The number of aryl methyl sites for hydroxylation is 2. The van der Waals surface area contributed by atoms with E-state index in [1.165, 1.54) is 0 Å². The Bertz CT molecular complexity index is 843. The van der Waals surface area contributed by atoms with Crippen molar-refractivity contribution in [2.24, 2.45) is 5.41 Å². The molecule has 2 aromatic heterocycles. The van der Waals surface area contributed by atoms with Crippen molar-refractivity contribution in [3.8, 4) is 5.88 Å². The Hall–Kier alpha value is -2.52. The van der Waals surface area contributed by atoms with Crippen LogP contribution in [0.15, 0.2) is 6.20 Å². The van der Waals surface area contributed by atoms with Crippen LogP contribution in [-0.2, 0) is 12.7 Å². The summed E-state index contributed by atoms with van der Waals surface area (Å²) in [5.41, 5.74) is 0.186. The Balaban J connectivity index is 1.80. The second-order valence-electron chi connectivity index (χ2n) is 6.80. The van der Waals surface area contributed by atoms with Crippen LogP contribution in [0.2, 0.25) is 0 Å². The van der Waals surface area contributed by atoms with E-state index in [9.17, 15) is 13.2 Å². The molecule has 1 spiro atoms. The number of nitrogens with one attached hydrogen (secondary N) is 2. The molecule has 1 saturated carbocycles. The third-order valence-electron chi connectivity index (χ3n) is 4.81. The number of halogens is 3. The SMILES string of the molecule is CCn1nc(C)c2c1OCC1(CC1)CNc1nc(ncc1C(F)(F)F)N2. The molecule has 0 amide bonds. The van der Waals surface area contributed by atoms with Crippen molar-refractivity contribution < 1.29 is 17.9 Å². The number of hydrogen-bond donors (Lipinski definition) is 2. The second kappa shape index (κ2) is 5.75. The molecule has 3 heterocycles. The van der Waals surface area contributed by atoms with Crippen LogP contribution in [0.4, 0.5) is 30.6 Å². The van der Waals surface area contributed by atoms with Crippen LogP contribution in [0.5, 0.6) is 5.88 Å². The zero-order valence-corrected chi connectivity index (χ0v) is 14.4. The van der Waals surface area contributed by atoms with Crippen molar-refractivity contribution in [2.75, 3.05) is 23.8 Å². The van der Waals surface area contributed by atoms with Crippen molar-refractivity contribution in [3.63, 3.8) is 0 Å². The first-order valence-electron chi connectivity index (χ1n) is 8.47. The molecule has 1 aliphatic heterocycles. The van der Waals surface area contributed by atoms with E-state index in [2.05, 4.69) is 25.7 Å². The van der Waals surface area contributed by atoms with E-state index >= 15 is 0 Å². The number of rotatable bonds is 1. The van der Waals surface area contributed by atoms with E-state index < -0.39 is 11.7 Å². The monoisotopic (exact) mass is 368 g/mol. The molecule has 2 aromatic rings. The number of ether oxygens (including phenoxy) is 1. The lowest BCUT2D eigenvalue weighted by atomic mass is 10.1. The van der Waals surface area contributed by atoms with Gasteiger partial charge in [0.2, 0.25) is 11.8 Å².